The molecular formula is C26H30F2N4O4. The van der Waals surface area contributed by atoms with Gasteiger partial charge >= 0.3 is 6.09 Å². The second kappa shape index (κ2) is 10.0. The maximum absolute atomic E-state index is 15.5. The number of aromatic nitrogens is 2. The number of anilines is 1. The van der Waals surface area contributed by atoms with Gasteiger partial charge in [-0.05, 0) is 62.4 Å². The number of pyridine rings is 1. The van der Waals surface area contributed by atoms with Gasteiger partial charge in [-0.3, -0.25) is 0 Å². The van der Waals surface area contributed by atoms with Crippen LogP contribution >= 0.6 is 0 Å². The van der Waals surface area contributed by atoms with Crippen LogP contribution in [0.2, 0.25) is 0 Å². The Morgan fingerprint density at radius 3 is 2.61 bits per heavy atom. The molecule has 2 fully saturated rings. The van der Waals surface area contributed by atoms with Crippen molar-refractivity contribution in [3.63, 3.8) is 0 Å². The Kier molecular flexibility index (Phi) is 6.81. The molecule has 2 aliphatic rings. The van der Waals surface area contributed by atoms with Gasteiger partial charge in [0.05, 0.1) is 42.3 Å². The average Bonchev–Trinajstić information content (AvgIpc) is 3.17. The number of morpholine rings is 1. The maximum Gasteiger partial charge on any atom is 0.407 e. The normalized spacial score (nSPS) is 22.7. The molecule has 3 heterocycles. The molecule has 8 nitrogen and oxygen atoms in total. The Hall–Kier alpha value is -3.24. The molecule has 1 amide bonds. The molecule has 1 aromatic carbocycles. The number of aliphatic hydroxyl groups is 1. The third-order valence-electron chi connectivity index (χ3n) is 7.06. The summed E-state index contributed by atoms with van der Waals surface area (Å²) in [6.45, 7) is 2.61. The topological polar surface area (TPSA) is 99.3 Å². The van der Waals surface area contributed by atoms with E-state index in [1.807, 2.05) is 19.1 Å². The molecule has 36 heavy (non-hydrogen) atoms. The van der Waals surface area contributed by atoms with E-state index >= 15 is 8.78 Å². The zero-order valence-corrected chi connectivity index (χ0v) is 20.1. The van der Waals surface area contributed by atoms with Crippen molar-refractivity contribution < 1.29 is 28.5 Å². The van der Waals surface area contributed by atoms with Crippen LogP contribution < -0.4 is 5.32 Å². The molecule has 1 atom stereocenters. The fourth-order valence-electron chi connectivity index (χ4n) is 5.16. The number of hydrogen-bond acceptors (Lipinski definition) is 5. The quantitative estimate of drug-likeness (QED) is 0.485. The first kappa shape index (κ1) is 24.5. The SMILES string of the molecule is Cc1ccn2c(CC3CN(C(=O)O)CCO3)c(-c3c(F)cc(NC4CCC(O)CC4)cc3F)nc2c1. The largest absolute Gasteiger partial charge is 0.465 e. The van der Waals surface area contributed by atoms with E-state index in [9.17, 15) is 15.0 Å². The van der Waals surface area contributed by atoms with E-state index in [4.69, 9.17) is 4.74 Å². The van der Waals surface area contributed by atoms with E-state index in [-0.39, 0.29) is 49.5 Å². The van der Waals surface area contributed by atoms with Crippen molar-refractivity contribution in [3.05, 3.63) is 53.4 Å². The van der Waals surface area contributed by atoms with Gasteiger partial charge in [0.1, 0.15) is 17.3 Å². The molecule has 1 unspecified atom stereocenters. The molecule has 1 aliphatic carbocycles. The molecule has 3 N–H and O–H groups in total. The fraction of sp³-hybridized carbons (Fsp3) is 0.462. The lowest BCUT2D eigenvalue weighted by molar-refractivity contribution is -0.0214. The van der Waals surface area contributed by atoms with Crippen LogP contribution in [0, 0.1) is 18.6 Å². The number of aryl methyl sites for hydroxylation is 1. The van der Waals surface area contributed by atoms with E-state index in [1.165, 1.54) is 17.0 Å². The van der Waals surface area contributed by atoms with Gasteiger partial charge in [-0.2, -0.15) is 0 Å². The Bertz CT molecular complexity index is 1250. The summed E-state index contributed by atoms with van der Waals surface area (Å²) in [6.07, 6.45) is 3.03. The number of hydrogen-bond donors (Lipinski definition) is 3. The molecule has 0 radical (unpaired) electrons. The van der Waals surface area contributed by atoms with Crippen LogP contribution in [0.4, 0.5) is 19.3 Å². The van der Waals surface area contributed by atoms with Gasteiger partial charge in [-0.1, -0.05) is 0 Å². The van der Waals surface area contributed by atoms with Crippen molar-refractivity contribution in [2.75, 3.05) is 25.0 Å². The first-order chi connectivity index (χ1) is 17.3. The number of ether oxygens (including phenoxy) is 1. The Labute approximate surface area is 207 Å². The maximum atomic E-state index is 15.5. The summed E-state index contributed by atoms with van der Waals surface area (Å²) in [7, 11) is 0. The van der Waals surface area contributed by atoms with Crippen molar-refractivity contribution in [2.45, 2.75) is 57.3 Å². The number of rotatable bonds is 5. The number of carboxylic acid groups (broad SMARTS) is 1. The predicted molar refractivity (Wildman–Crippen MR) is 130 cm³/mol. The van der Waals surface area contributed by atoms with Crippen molar-refractivity contribution >= 4 is 17.4 Å². The lowest BCUT2D eigenvalue weighted by Crippen LogP contribution is -2.45. The molecule has 192 valence electrons. The number of carbonyl (C=O) groups is 1. The van der Waals surface area contributed by atoms with Crippen LogP contribution in [0.5, 0.6) is 0 Å². The van der Waals surface area contributed by atoms with Crippen LogP contribution in [-0.4, -0.2) is 68.5 Å². The Balaban J connectivity index is 1.49. The van der Waals surface area contributed by atoms with Crippen molar-refractivity contribution in [3.8, 4) is 11.3 Å². The highest BCUT2D eigenvalue weighted by molar-refractivity contribution is 5.70. The molecule has 0 spiro atoms. The van der Waals surface area contributed by atoms with E-state index < -0.39 is 23.8 Å². The van der Waals surface area contributed by atoms with Gasteiger partial charge in [-0.25, -0.2) is 18.6 Å². The van der Waals surface area contributed by atoms with E-state index in [2.05, 4.69) is 10.3 Å². The van der Waals surface area contributed by atoms with Gasteiger partial charge in [-0.15, -0.1) is 0 Å². The first-order valence-electron chi connectivity index (χ1n) is 12.3. The van der Waals surface area contributed by atoms with E-state index in [0.29, 0.717) is 29.9 Å². The first-order valence-corrected chi connectivity index (χ1v) is 12.3. The number of fused-ring (bicyclic) bond motifs is 1. The number of benzene rings is 1. The van der Waals surface area contributed by atoms with Crippen LogP contribution in [-0.2, 0) is 11.2 Å². The molecule has 2 aromatic heterocycles. The van der Waals surface area contributed by atoms with Crippen LogP contribution in [0.3, 0.4) is 0 Å². The molecule has 5 rings (SSSR count). The third-order valence-corrected chi connectivity index (χ3v) is 7.06. The molecule has 10 heteroatoms. The third kappa shape index (κ3) is 5.01. The molecule has 3 aromatic rings. The van der Waals surface area contributed by atoms with Gasteiger partial charge in [0.25, 0.3) is 0 Å². The lowest BCUT2D eigenvalue weighted by atomic mass is 9.93. The van der Waals surface area contributed by atoms with Crippen molar-refractivity contribution in [1.82, 2.24) is 14.3 Å². The van der Waals surface area contributed by atoms with Gasteiger partial charge in [0.15, 0.2) is 0 Å². The van der Waals surface area contributed by atoms with Crippen LogP contribution in [0.25, 0.3) is 16.9 Å². The summed E-state index contributed by atoms with van der Waals surface area (Å²) in [4.78, 5) is 17.3. The zero-order valence-electron chi connectivity index (χ0n) is 20.1. The highest BCUT2D eigenvalue weighted by atomic mass is 19.1. The molecule has 1 saturated heterocycles. The average molecular weight is 501 g/mol. The monoisotopic (exact) mass is 500 g/mol. The number of amides is 1. The second-order valence-corrected chi connectivity index (χ2v) is 9.73. The summed E-state index contributed by atoms with van der Waals surface area (Å²) in [5.41, 5.74) is 2.37. The second-order valence-electron chi connectivity index (χ2n) is 9.73. The van der Waals surface area contributed by atoms with Gasteiger partial charge in [0.2, 0.25) is 0 Å². The minimum absolute atomic E-state index is 0.0485. The van der Waals surface area contributed by atoms with E-state index in [0.717, 1.165) is 18.4 Å². The van der Waals surface area contributed by atoms with Gasteiger partial charge < -0.3 is 29.6 Å². The standard InChI is InChI=1S/C26H30F2N4O4/c1-15-6-7-32-22(13-19-14-31(26(34)35)8-9-36-19)25(30-23(32)10-15)24-20(27)11-17(12-21(24)28)29-16-2-4-18(33)5-3-16/h6-7,10-12,16,18-19,29,33H,2-5,8-9,13-14H2,1H3,(H,34,35). The number of nitrogens with one attached hydrogen (secondary N) is 1. The number of imidazole rings is 1. The van der Waals surface area contributed by atoms with Crippen molar-refractivity contribution in [2.24, 2.45) is 0 Å². The predicted octanol–water partition coefficient (Wildman–Crippen LogP) is 4.22. The highest BCUT2D eigenvalue weighted by Gasteiger charge is 2.29. The summed E-state index contributed by atoms with van der Waals surface area (Å²) in [6, 6.07) is 6.33. The Morgan fingerprint density at radius 2 is 1.92 bits per heavy atom. The summed E-state index contributed by atoms with van der Waals surface area (Å²) in [5.74, 6) is -1.46. The molecule has 0 bridgehead atoms. The molecule has 1 saturated carbocycles. The fourth-order valence-corrected chi connectivity index (χ4v) is 5.16. The lowest BCUT2D eigenvalue weighted by Gasteiger charge is -2.31. The zero-order chi connectivity index (χ0) is 25.4. The molecule has 1 aliphatic heterocycles. The Morgan fingerprint density at radius 1 is 1.19 bits per heavy atom. The minimum atomic E-state index is -1.02. The smallest absolute Gasteiger partial charge is 0.407 e. The van der Waals surface area contributed by atoms with E-state index in [1.54, 1.807) is 10.6 Å². The van der Waals surface area contributed by atoms with Crippen LogP contribution in [0.15, 0.2) is 30.5 Å². The van der Waals surface area contributed by atoms with Crippen LogP contribution in [0.1, 0.15) is 36.9 Å². The number of nitrogens with zero attached hydrogens (tertiary/aromatic N) is 3. The molecular weight excluding hydrogens is 470 g/mol. The van der Waals surface area contributed by atoms with Crippen molar-refractivity contribution in [1.29, 1.82) is 0 Å². The number of aliphatic hydroxyl groups excluding tert-OH is 1. The summed E-state index contributed by atoms with van der Waals surface area (Å²) in [5, 5.41) is 22.3. The summed E-state index contributed by atoms with van der Waals surface area (Å²) >= 11 is 0. The van der Waals surface area contributed by atoms with Gasteiger partial charge in [0, 0.05) is 30.9 Å². The number of halogens is 2. The summed E-state index contributed by atoms with van der Waals surface area (Å²) < 4.78 is 38.5. The highest BCUT2D eigenvalue weighted by Crippen LogP contribution is 2.34. The minimum Gasteiger partial charge on any atom is -0.465 e.